The topological polar surface area (TPSA) is 76.4 Å². The highest BCUT2D eigenvalue weighted by atomic mass is 16.5. The van der Waals surface area contributed by atoms with E-state index in [1.165, 1.54) is 0 Å². The van der Waals surface area contributed by atoms with Gasteiger partial charge in [-0.3, -0.25) is 0 Å². The summed E-state index contributed by atoms with van der Waals surface area (Å²) >= 11 is 0. The fraction of sp³-hybridized carbons (Fsp3) is 0.571. The zero-order chi connectivity index (χ0) is 20.4. The summed E-state index contributed by atoms with van der Waals surface area (Å²) in [5, 5.41) is 11.1. The number of rotatable bonds is 10. The maximum absolute atomic E-state index is 5.61. The van der Waals surface area contributed by atoms with E-state index in [1.807, 2.05) is 42.9 Å². The van der Waals surface area contributed by atoms with Crippen LogP contribution in [0.4, 0.5) is 0 Å². The first kappa shape index (κ1) is 21.9. The van der Waals surface area contributed by atoms with Crippen molar-refractivity contribution in [3.8, 4) is 5.82 Å². The molecule has 0 aromatic carbocycles. The second-order valence-corrected chi connectivity index (χ2v) is 7.31. The molecule has 0 aliphatic carbocycles. The van der Waals surface area contributed by atoms with Gasteiger partial charge in [0.1, 0.15) is 0 Å². The zero-order valence-corrected chi connectivity index (χ0v) is 17.8. The Balaban J connectivity index is 1.85. The standard InChI is InChI=1S/C21H34N6O/c1-6-22-21(23-10-7-11-28-15-16(2)3)25-14-19-8-9-20(24-13-19)27-18(5)12-17(4)26-27/h8-9,12-13,16H,6-7,10-11,14-15H2,1-5H3,(H2,22,23,25). The summed E-state index contributed by atoms with van der Waals surface area (Å²) in [5.74, 6) is 2.21. The lowest BCUT2D eigenvalue weighted by molar-refractivity contribution is 0.108. The van der Waals surface area contributed by atoms with Gasteiger partial charge in [-0.25, -0.2) is 14.7 Å². The van der Waals surface area contributed by atoms with Crippen LogP contribution < -0.4 is 10.6 Å². The van der Waals surface area contributed by atoms with Gasteiger partial charge in [0.25, 0.3) is 0 Å². The van der Waals surface area contributed by atoms with E-state index in [1.54, 1.807) is 0 Å². The number of guanidine groups is 1. The minimum atomic E-state index is 0.573. The van der Waals surface area contributed by atoms with Crippen LogP contribution in [-0.4, -0.2) is 47.0 Å². The van der Waals surface area contributed by atoms with Crippen LogP contribution in [0.15, 0.2) is 29.4 Å². The molecule has 2 rings (SSSR count). The van der Waals surface area contributed by atoms with Crippen molar-refractivity contribution in [2.45, 2.75) is 47.6 Å². The number of ether oxygens (including phenoxy) is 1. The van der Waals surface area contributed by atoms with Crippen molar-refractivity contribution in [2.75, 3.05) is 26.3 Å². The van der Waals surface area contributed by atoms with Gasteiger partial charge in [-0.15, -0.1) is 0 Å². The molecule has 0 bridgehead atoms. The van der Waals surface area contributed by atoms with Gasteiger partial charge >= 0.3 is 0 Å². The number of nitrogens with zero attached hydrogens (tertiary/aromatic N) is 4. The highest BCUT2D eigenvalue weighted by molar-refractivity contribution is 5.79. The first-order valence-electron chi connectivity index (χ1n) is 10.1. The molecule has 2 N–H and O–H groups in total. The number of nitrogens with one attached hydrogen (secondary N) is 2. The maximum Gasteiger partial charge on any atom is 0.191 e. The summed E-state index contributed by atoms with van der Waals surface area (Å²) in [4.78, 5) is 9.18. The van der Waals surface area contributed by atoms with Gasteiger partial charge < -0.3 is 15.4 Å². The third-order valence-corrected chi connectivity index (χ3v) is 4.01. The van der Waals surface area contributed by atoms with Crippen molar-refractivity contribution in [1.82, 2.24) is 25.4 Å². The van der Waals surface area contributed by atoms with E-state index in [0.717, 1.165) is 61.5 Å². The average molecular weight is 387 g/mol. The minimum absolute atomic E-state index is 0.573. The highest BCUT2D eigenvalue weighted by Gasteiger charge is 2.05. The molecule has 7 heteroatoms. The summed E-state index contributed by atoms with van der Waals surface area (Å²) in [6.45, 7) is 14.2. The van der Waals surface area contributed by atoms with Crippen LogP contribution in [0.1, 0.15) is 44.1 Å². The molecule has 0 spiro atoms. The van der Waals surface area contributed by atoms with Crippen LogP contribution in [0, 0.1) is 19.8 Å². The van der Waals surface area contributed by atoms with Gasteiger partial charge in [0.05, 0.1) is 12.2 Å². The molecule has 0 unspecified atom stereocenters. The molecule has 0 aliphatic rings. The Morgan fingerprint density at radius 3 is 2.68 bits per heavy atom. The van der Waals surface area contributed by atoms with E-state index >= 15 is 0 Å². The van der Waals surface area contributed by atoms with E-state index in [2.05, 4.69) is 46.5 Å². The van der Waals surface area contributed by atoms with Crippen molar-refractivity contribution < 1.29 is 4.74 Å². The Morgan fingerprint density at radius 1 is 1.25 bits per heavy atom. The lowest BCUT2D eigenvalue weighted by Gasteiger charge is -2.12. The van der Waals surface area contributed by atoms with Crippen LogP contribution in [0.25, 0.3) is 5.82 Å². The smallest absolute Gasteiger partial charge is 0.191 e. The van der Waals surface area contributed by atoms with Gasteiger partial charge in [-0.05, 0) is 50.8 Å². The molecule has 0 amide bonds. The van der Waals surface area contributed by atoms with Crippen molar-refractivity contribution in [3.63, 3.8) is 0 Å². The summed E-state index contributed by atoms with van der Waals surface area (Å²) in [7, 11) is 0. The normalized spacial score (nSPS) is 11.9. The first-order valence-corrected chi connectivity index (χ1v) is 10.1. The largest absolute Gasteiger partial charge is 0.381 e. The second kappa shape index (κ2) is 11.4. The zero-order valence-electron chi connectivity index (χ0n) is 17.8. The first-order chi connectivity index (χ1) is 13.5. The van der Waals surface area contributed by atoms with Gasteiger partial charge in [0.15, 0.2) is 11.8 Å². The molecule has 2 aromatic heterocycles. The summed E-state index contributed by atoms with van der Waals surface area (Å²) in [6, 6.07) is 6.07. The van der Waals surface area contributed by atoms with E-state index in [-0.39, 0.29) is 0 Å². The van der Waals surface area contributed by atoms with E-state index < -0.39 is 0 Å². The minimum Gasteiger partial charge on any atom is -0.381 e. The third kappa shape index (κ3) is 7.31. The molecule has 0 saturated heterocycles. The van der Waals surface area contributed by atoms with Crippen molar-refractivity contribution in [1.29, 1.82) is 0 Å². The molecular formula is C21H34N6O. The lowest BCUT2D eigenvalue weighted by Crippen LogP contribution is -2.38. The summed E-state index contributed by atoms with van der Waals surface area (Å²) < 4.78 is 7.46. The molecule has 0 radical (unpaired) electrons. The second-order valence-electron chi connectivity index (χ2n) is 7.31. The predicted molar refractivity (Wildman–Crippen MR) is 114 cm³/mol. The van der Waals surface area contributed by atoms with Crippen LogP contribution in [0.3, 0.4) is 0 Å². The molecular weight excluding hydrogens is 352 g/mol. The molecule has 154 valence electrons. The van der Waals surface area contributed by atoms with E-state index in [4.69, 9.17) is 4.74 Å². The Morgan fingerprint density at radius 2 is 2.07 bits per heavy atom. The number of pyridine rings is 1. The van der Waals surface area contributed by atoms with E-state index in [9.17, 15) is 0 Å². The fourth-order valence-electron chi connectivity index (χ4n) is 2.71. The van der Waals surface area contributed by atoms with Crippen LogP contribution in [0.2, 0.25) is 0 Å². The van der Waals surface area contributed by atoms with Crippen LogP contribution in [-0.2, 0) is 11.3 Å². The van der Waals surface area contributed by atoms with Crippen LogP contribution >= 0.6 is 0 Å². The molecule has 0 aliphatic heterocycles. The highest BCUT2D eigenvalue weighted by Crippen LogP contribution is 2.10. The van der Waals surface area contributed by atoms with Crippen molar-refractivity contribution in [2.24, 2.45) is 10.9 Å². The lowest BCUT2D eigenvalue weighted by atomic mass is 10.2. The van der Waals surface area contributed by atoms with Crippen molar-refractivity contribution in [3.05, 3.63) is 41.3 Å². The molecule has 7 nitrogen and oxygen atoms in total. The van der Waals surface area contributed by atoms with E-state index in [0.29, 0.717) is 12.5 Å². The number of aromatic nitrogens is 3. The molecule has 0 fully saturated rings. The monoisotopic (exact) mass is 386 g/mol. The molecule has 2 aromatic rings. The Hall–Kier alpha value is -2.41. The van der Waals surface area contributed by atoms with Gasteiger partial charge in [-0.2, -0.15) is 5.10 Å². The number of hydrogen-bond donors (Lipinski definition) is 2. The van der Waals surface area contributed by atoms with Gasteiger partial charge in [-0.1, -0.05) is 19.9 Å². The molecule has 2 heterocycles. The Kier molecular flexibility index (Phi) is 8.94. The predicted octanol–water partition coefficient (Wildman–Crippen LogP) is 3.00. The maximum atomic E-state index is 5.61. The number of aryl methyl sites for hydroxylation is 2. The fourth-order valence-corrected chi connectivity index (χ4v) is 2.71. The third-order valence-electron chi connectivity index (χ3n) is 4.01. The molecule has 0 atom stereocenters. The molecule has 28 heavy (non-hydrogen) atoms. The van der Waals surface area contributed by atoms with Gasteiger partial charge in [0.2, 0.25) is 0 Å². The summed E-state index contributed by atoms with van der Waals surface area (Å²) in [5.41, 5.74) is 3.12. The summed E-state index contributed by atoms with van der Waals surface area (Å²) in [6.07, 6.45) is 2.81. The SMILES string of the molecule is CCNC(=NCc1ccc(-n2nc(C)cc2C)nc1)NCCCOCC(C)C. The quantitative estimate of drug-likeness (QED) is 0.373. The number of aliphatic imine (C=N–C) groups is 1. The molecule has 0 saturated carbocycles. The number of hydrogen-bond acceptors (Lipinski definition) is 4. The Labute approximate surface area is 168 Å². The Bertz CT molecular complexity index is 736. The van der Waals surface area contributed by atoms with Crippen molar-refractivity contribution >= 4 is 5.96 Å². The van der Waals surface area contributed by atoms with Gasteiger partial charge in [0, 0.05) is 38.2 Å². The van der Waals surface area contributed by atoms with Crippen LogP contribution in [0.5, 0.6) is 0 Å². The average Bonchev–Trinajstić information content (AvgIpc) is 3.00.